The number of carbonyl (C=O) groups excluding carboxylic acids is 1. The number of nitrogens with two attached hydrogens (primary N) is 1. The molecule has 0 heterocycles. The van der Waals surface area contributed by atoms with Gasteiger partial charge < -0.3 is 11.1 Å². The van der Waals surface area contributed by atoms with Crippen LogP contribution in [0.1, 0.15) is 32.6 Å². The summed E-state index contributed by atoms with van der Waals surface area (Å²) >= 11 is 0. The lowest BCUT2D eigenvalue weighted by molar-refractivity contribution is -0.115. The van der Waals surface area contributed by atoms with E-state index < -0.39 is 21.0 Å². The summed E-state index contributed by atoms with van der Waals surface area (Å²) in [6, 6.07) is 6.63. The number of carbonyl (C=O) groups is 1. The van der Waals surface area contributed by atoms with Crippen LogP contribution in [0.25, 0.3) is 0 Å². The van der Waals surface area contributed by atoms with Crippen LogP contribution in [-0.2, 0) is 14.6 Å². The van der Waals surface area contributed by atoms with E-state index in [1.807, 2.05) is 0 Å². The fourth-order valence-electron chi connectivity index (χ4n) is 2.62. The molecule has 1 aromatic carbocycles. The Morgan fingerprint density at radius 1 is 1.29 bits per heavy atom. The van der Waals surface area contributed by atoms with Gasteiger partial charge in [-0.2, -0.15) is 0 Å². The average molecular weight is 310 g/mol. The Kier molecular flexibility index (Phi) is 4.88. The van der Waals surface area contributed by atoms with Gasteiger partial charge in [0.15, 0.2) is 9.84 Å². The summed E-state index contributed by atoms with van der Waals surface area (Å²) in [6.07, 6.45) is 4.08. The molecule has 0 saturated heterocycles. The molecule has 1 aromatic rings. The van der Waals surface area contributed by atoms with Crippen molar-refractivity contribution >= 4 is 27.1 Å². The zero-order valence-electron chi connectivity index (χ0n) is 12.2. The molecule has 1 unspecified atom stereocenters. The molecule has 3 N–H and O–H groups in total. The first kappa shape index (κ1) is 15.8. The van der Waals surface area contributed by atoms with Crippen molar-refractivity contribution in [3.8, 4) is 0 Å². The number of rotatable bonds is 5. The molecule has 2 rings (SSSR count). The molecule has 1 amide bonds. The molecule has 21 heavy (non-hydrogen) atoms. The molecule has 0 aliphatic heterocycles. The molecule has 0 bridgehead atoms. The van der Waals surface area contributed by atoms with Crippen molar-refractivity contribution in [3.63, 3.8) is 0 Å². The third kappa shape index (κ3) is 4.20. The summed E-state index contributed by atoms with van der Waals surface area (Å²) < 4.78 is 24.6. The monoisotopic (exact) mass is 310 g/mol. The summed E-state index contributed by atoms with van der Waals surface area (Å²) in [5.41, 5.74) is 6.71. The van der Waals surface area contributed by atoms with E-state index in [4.69, 9.17) is 5.73 Å². The predicted molar refractivity (Wildman–Crippen MR) is 84.7 cm³/mol. The smallest absolute Gasteiger partial charge is 0.242 e. The van der Waals surface area contributed by atoms with Gasteiger partial charge in [-0.3, -0.25) is 4.79 Å². The van der Waals surface area contributed by atoms with Gasteiger partial charge in [-0.1, -0.05) is 12.8 Å². The Morgan fingerprint density at radius 3 is 2.43 bits per heavy atom. The van der Waals surface area contributed by atoms with Crippen molar-refractivity contribution in [1.29, 1.82) is 0 Å². The maximum Gasteiger partial charge on any atom is 0.242 e. The van der Waals surface area contributed by atoms with Crippen LogP contribution in [-0.4, -0.2) is 25.3 Å². The lowest BCUT2D eigenvalue weighted by Crippen LogP contribution is -2.35. The number of sulfone groups is 1. The first-order valence-corrected chi connectivity index (χ1v) is 8.98. The molecule has 0 spiro atoms. The van der Waals surface area contributed by atoms with Crippen LogP contribution in [0.15, 0.2) is 24.3 Å². The Labute approximate surface area is 125 Å². The minimum atomic E-state index is -3.41. The van der Waals surface area contributed by atoms with Crippen LogP contribution < -0.4 is 11.1 Å². The van der Waals surface area contributed by atoms with Crippen molar-refractivity contribution in [2.24, 2.45) is 5.92 Å². The largest absolute Gasteiger partial charge is 0.399 e. The second-order valence-electron chi connectivity index (χ2n) is 5.73. The molecular weight excluding hydrogens is 288 g/mol. The zero-order chi connectivity index (χ0) is 15.5. The summed E-state index contributed by atoms with van der Waals surface area (Å²) in [5.74, 6) is -0.164. The summed E-state index contributed by atoms with van der Waals surface area (Å²) in [7, 11) is -3.41. The number of hydrogen-bond acceptors (Lipinski definition) is 4. The molecule has 0 radical (unpaired) electrons. The van der Waals surface area contributed by atoms with Crippen molar-refractivity contribution < 1.29 is 13.2 Å². The van der Waals surface area contributed by atoms with Crippen molar-refractivity contribution in [2.45, 2.75) is 37.9 Å². The lowest BCUT2D eigenvalue weighted by Gasteiger charge is -2.16. The second kappa shape index (κ2) is 6.47. The number of benzene rings is 1. The highest BCUT2D eigenvalue weighted by atomic mass is 32.2. The molecule has 1 saturated carbocycles. The third-order valence-electron chi connectivity index (χ3n) is 4.03. The minimum Gasteiger partial charge on any atom is -0.399 e. The van der Waals surface area contributed by atoms with Gasteiger partial charge in [-0.25, -0.2) is 8.42 Å². The lowest BCUT2D eigenvalue weighted by atomic mass is 10.1. The van der Waals surface area contributed by atoms with E-state index in [0.717, 1.165) is 25.7 Å². The van der Waals surface area contributed by atoms with E-state index in [-0.39, 0.29) is 11.7 Å². The van der Waals surface area contributed by atoms with Crippen LogP contribution >= 0.6 is 0 Å². The van der Waals surface area contributed by atoms with Gasteiger partial charge in [0.2, 0.25) is 5.91 Å². The number of nitrogen functional groups attached to an aromatic ring is 1. The van der Waals surface area contributed by atoms with Crippen LogP contribution in [0.2, 0.25) is 0 Å². The molecule has 0 aromatic heterocycles. The van der Waals surface area contributed by atoms with E-state index in [0.29, 0.717) is 11.4 Å². The average Bonchev–Trinajstić information content (AvgIpc) is 2.92. The van der Waals surface area contributed by atoms with Gasteiger partial charge >= 0.3 is 0 Å². The van der Waals surface area contributed by atoms with Crippen LogP contribution in [0.5, 0.6) is 0 Å². The molecule has 1 aliphatic carbocycles. The number of hydrogen-bond donors (Lipinski definition) is 2. The standard InChI is InChI=1S/C15H22N2O3S/c1-11(21(19,20)10-12-4-2-3-5-12)15(18)17-14-8-6-13(16)7-9-14/h6-9,11-12H,2-5,10,16H2,1H3,(H,17,18). The number of nitrogens with one attached hydrogen (secondary N) is 1. The first-order valence-electron chi connectivity index (χ1n) is 7.26. The highest BCUT2D eigenvalue weighted by Crippen LogP contribution is 2.27. The minimum absolute atomic E-state index is 0.114. The van der Waals surface area contributed by atoms with Gasteiger partial charge in [0.25, 0.3) is 0 Å². The molecule has 5 nitrogen and oxygen atoms in total. The summed E-state index contributed by atoms with van der Waals surface area (Å²) in [5, 5.41) is 1.59. The van der Waals surface area contributed by atoms with Gasteiger partial charge in [0.05, 0.1) is 5.75 Å². The van der Waals surface area contributed by atoms with E-state index >= 15 is 0 Å². The molecule has 1 fully saturated rings. The zero-order valence-corrected chi connectivity index (χ0v) is 13.0. The van der Waals surface area contributed by atoms with E-state index in [1.165, 1.54) is 6.92 Å². The third-order valence-corrected chi connectivity index (χ3v) is 6.26. The van der Waals surface area contributed by atoms with Gasteiger partial charge in [0.1, 0.15) is 5.25 Å². The van der Waals surface area contributed by atoms with E-state index in [2.05, 4.69) is 5.32 Å². The Morgan fingerprint density at radius 2 is 1.86 bits per heavy atom. The fourth-order valence-corrected chi connectivity index (χ4v) is 4.29. The van der Waals surface area contributed by atoms with Gasteiger partial charge in [-0.05, 0) is 49.9 Å². The van der Waals surface area contributed by atoms with Crippen LogP contribution in [0, 0.1) is 5.92 Å². The fraction of sp³-hybridized carbons (Fsp3) is 0.533. The number of amides is 1. The molecule has 116 valence electrons. The highest BCUT2D eigenvalue weighted by molar-refractivity contribution is 7.92. The molecule has 1 atom stereocenters. The van der Waals surface area contributed by atoms with Crippen LogP contribution in [0.4, 0.5) is 11.4 Å². The maximum absolute atomic E-state index is 12.3. The maximum atomic E-state index is 12.3. The highest BCUT2D eigenvalue weighted by Gasteiger charge is 2.31. The van der Waals surface area contributed by atoms with Gasteiger partial charge in [-0.15, -0.1) is 0 Å². The SMILES string of the molecule is CC(C(=O)Nc1ccc(N)cc1)S(=O)(=O)CC1CCCC1. The van der Waals surface area contributed by atoms with E-state index in [9.17, 15) is 13.2 Å². The molecule has 1 aliphatic rings. The quantitative estimate of drug-likeness (QED) is 0.816. The summed E-state index contributed by atoms with van der Waals surface area (Å²) in [6.45, 7) is 1.46. The van der Waals surface area contributed by atoms with E-state index in [1.54, 1.807) is 24.3 Å². The number of anilines is 2. The van der Waals surface area contributed by atoms with Crippen LogP contribution in [0.3, 0.4) is 0 Å². The van der Waals surface area contributed by atoms with Crippen molar-refractivity contribution in [2.75, 3.05) is 16.8 Å². The summed E-state index contributed by atoms with van der Waals surface area (Å²) in [4.78, 5) is 12.1. The Bertz CT molecular complexity index is 590. The molecule has 6 heteroatoms. The second-order valence-corrected chi connectivity index (χ2v) is 8.10. The van der Waals surface area contributed by atoms with Gasteiger partial charge in [0, 0.05) is 11.4 Å². The Balaban J connectivity index is 1.98. The normalized spacial score (nSPS) is 17.6. The molecular formula is C15H22N2O3S. The van der Waals surface area contributed by atoms with Crippen molar-refractivity contribution in [3.05, 3.63) is 24.3 Å². The first-order chi connectivity index (χ1) is 9.88. The predicted octanol–water partition coefficient (Wildman–Crippen LogP) is 2.20. The Hall–Kier alpha value is -1.56. The van der Waals surface area contributed by atoms with Crippen molar-refractivity contribution in [1.82, 2.24) is 0 Å². The topological polar surface area (TPSA) is 89.3 Å².